The Morgan fingerprint density at radius 2 is 2.18 bits per heavy atom. The van der Waals surface area contributed by atoms with Gasteiger partial charge in [-0.2, -0.15) is 28.6 Å². The molecule has 1 N–H and O–H groups in total. The molecular formula is C12H21N3S2. The molecule has 2 heterocycles. The number of hydrogen-bond donors (Lipinski definition) is 1. The summed E-state index contributed by atoms with van der Waals surface area (Å²) in [6, 6.07) is 1.09. The summed E-state index contributed by atoms with van der Waals surface area (Å²) in [4.78, 5) is 0. The Morgan fingerprint density at radius 1 is 1.47 bits per heavy atom. The van der Waals surface area contributed by atoms with E-state index in [0.29, 0.717) is 12.1 Å². The summed E-state index contributed by atoms with van der Waals surface area (Å²) in [5.74, 6) is 5.10. The van der Waals surface area contributed by atoms with Gasteiger partial charge in [-0.3, -0.25) is 4.68 Å². The predicted molar refractivity (Wildman–Crippen MR) is 78.1 cm³/mol. The van der Waals surface area contributed by atoms with Gasteiger partial charge in [-0.1, -0.05) is 0 Å². The molecular weight excluding hydrogens is 250 g/mol. The van der Waals surface area contributed by atoms with Gasteiger partial charge in [-0.15, -0.1) is 0 Å². The van der Waals surface area contributed by atoms with E-state index in [9.17, 15) is 0 Å². The van der Waals surface area contributed by atoms with Gasteiger partial charge in [-0.05, 0) is 19.4 Å². The molecule has 1 unspecified atom stereocenters. The zero-order valence-corrected chi connectivity index (χ0v) is 12.2. The van der Waals surface area contributed by atoms with Crippen LogP contribution in [-0.2, 0) is 0 Å². The molecule has 0 aromatic carbocycles. The summed E-state index contributed by atoms with van der Waals surface area (Å²) >= 11 is 4.14. The Morgan fingerprint density at radius 3 is 2.76 bits per heavy atom. The van der Waals surface area contributed by atoms with Crippen LogP contribution in [0.2, 0.25) is 0 Å². The van der Waals surface area contributed by atoms with Crippen molar-refractivity contribution in [2.75, 3.05) is 29.6 Å². The van der Waals surface area contributed by atoms with E-state index in [1.807, 2.05) is 6.20 Å². The van der Waals surface area contributed by atoms with Crippen molar-refractivity contribution < 1.29 is 0 Å². The van der Waals surface area contributed by atoms with Gasteiger partial charge >= 0.3 is 0 Å². The minimum atomic E-state index is 0.432. The second-order valence-electron chi connectivity index (χ2n) is 4.60. The topological polar surface area (TPSA) is 29.9 Å². The highest BCUT2D eigenvalue weighted by molar-refractivity contribution is 8.03. The molecule has 0 aliphatic carbocycles. The summed E-state index contributed by atoms with van der Waals surface area (Å²) in [5, 5.41) is 8.03. The predicted octanol–water partition coefficient (Wildman–Crippen LogP) is 2.19. The van der Waals surface area contributed by atoms with Crippen molar-refractivity contribution in [3.8, 4) is 0 Å². The van der Waals surface area contributed by atoms with Crippen molar-refractivity contribution in [1.29, 1.82) is 0 Å². The number of thioether (sulfide) groups is 2. The summed E-state index contributed by atoms with van der Waals surface area (Å²) in [7, 11) is 0. The van der Waals surface area contributed by atoms with Crippen molar-refractivity contribution >= 4 is 23.5 Å². The van der Waals surface area contributed by atoms with Crippen molar-refractivity contribution in [3.63, 3.8) is 0 Å². The molecule has 0 amide bonds. The Balaban J connectivity index is 1.77. The number of aromatic nitrogens is 2. The van der Waals surface area contributed by atoms with Crippen molar-refractivity contribution in [3.05, 3.63) is 18.0 Å². The minimum absolute atomic E-state index is 0.432. The first kappa shape index (κ1) is 13.3. The number of rotatable bonds is 4. The highest BCUT2D eigenvalue weighted by atomic mass is 32.2. The lowest BCUT2D eigenvalue weighted by Gasteiger charge is -2.19. The smallest absolute Gasteiger partial charge is 0.0615 e. The van der Waals surface area contributed by atoms with Gasteiger partial charge in [0.25, 0.3) is 0 Å². The zero-order valence-electron chi connectivity index (χ0n) is 10.6. The molecule has 0 radical (unpaired) electrons. The van der Waals surface area contributed by atoms with Crippen molar-refractivity contribution in [2.45, 2.75) is 25.9 Å². The summed E-state index contributed by atoms with van der Waals surface area (Å²) in [6.07, 6.45) is 4.04. The second kappa shape index (κ2) is 6.71. The SMILES string of the molecule is Cc1cnn(C(C)CNC2CSCCSC2)c1. The molecule has 1 fully saturated rings. The monoisotopic (exact) mass is 271 g/mol. The molecule has 0 saturated carbocycles. The maximum atomic E-state index is 4.36. The summed E-state index contributed by atoms with van der Waals surface area (Å²) < 4.78 is 2.05. The number of aryl methyl sites for hydroxylation is 1. The maximum absolute atomic E-state index is 4.36. The highest BCUT2D eigenvalue weighted by Gasteiger charge is 2.14. The van der Waals surface area contributed by atoms with Crippen LogP contribution in [0.15, 0.2) is 12.4 Å². The molecule has 0 bridgehead atoms. The lowest BCUT2D eigenvalue weighted by Crippen LogP contribution is -2.36. The number of hydrogen-bond acceptors (Lipinski definition) is 4. The Labute approximate surface area is 112 Å². The van der Waals surface area contributed by atoms with Crippen LogP contribution in [0.1, 0.15) is 18.5 Å². The van der Waals surface area contributed by atoms with Gasteiger partial charge in [-0.25, -0.2) is 0 Å². The third-order valence-corrected chi connectivity index (χ3v) is 5.41. The van der Waals surface area contributed by atoms with Crippen LogP contribution >= 0.6 is 23.5 Å². The van der Waals surface area contributed by atoms with E-state index in [4.69, 9.17) is 0 Å². The van der Waals surface area contributed by atoms with Crippen molar-refractivity contribution in [2.24, 2.45) is 0 Å². The first-order valence-corrected chi connectivity index (χ1v) is 8.46. The van der Waals surface area contributed by atoms with E-state index in [0.717, 1.165) is 6.54 Å². The number of nitrogens with one attached hydrogen (secondary N) is 1. The van der Waals surface area contributed by atoms with Crippen molar-refractivity contribution in [1.82, 2.24) is 15.1 Å². The minimum Gasteiger partial charge on any atom is -0.310 e. The summed E-state index contributed by atoms with van der Waals surface area (Å²) in [5.41, 5.74) is 1.23. The molecule has 1 saturated heterocycles. The van der Waals surface area contributed by atoms with Crippen LogP contribution in [0.5, 0.6) is 0 Å². The summed E-state index contributed by atoms with van der Waals surface area (Å²) in [6.45, 7) is 5.31. The van der Waals surface area contributed by atoms with E-state index in [2.05, 4.69) is 58.7 Å². The Bertz CT molecular complexity index is 332. The lowest BCUT2D eigenvalue weighted by molar-refractivity contribution is 0.436. The van der Waals surface area contributed by atoms with Gasteiger partial charge in [0.2, 0.25) is 0 Å². The maximum Gasteiger partial charge on any atom is 0.0615 e. The molecule has 5 heteroatoms. The van der Waals surface area contributed by atoms with E-state index in [-0.39, 0.29) is 0 Å². The van der Waals surface area contributed by atoms with Gasteiger partial charge in [0.05, 0.1) is 12.2 Å². The third kappa shape index (κ3) is 4.23. The van der Waals surface area contributed by atoms with Crippen LogP contribution in [0.4, 0.5) is 0 Å². The molecule has 1 aromatic rings. The van der Waals surface area contributed by atoms with Crippen LogP contribution in [0.3, 0.4) is 0 Å². The fourth-order valence-electron chi connectivity index (χ4n) is 1.84. The van der Waals surface area contributed by atoms with E-state index >= 15 is 0 Å². The molecule has 1 atom stereocenters. The second-order valence-corrected chi connectivity index (χ2v) is 6.90. The van der Waals surface area contributed by atoms with Gasteiger partial charge in [0.1, 0.15) is 0 Å². The molecule has 1 aliphatic rings. The fourth-order valence-corrected chi connectivity index (χ4v) is 4.31. The van der Waals surface area contributed by atoms with Crippen LogP contribution in [-0.4, -0.2) is 45.4 Å². The lowest BCUT2D eigenvalue weighted by atomic mass is 10.3. The average molecular weight is 271 g/mol. The van der Waals surface area contributed by atoms with E-state index in [1.54, 1.807) is 0 Å². The quantitative estimate of drug-likeness (QED) is 0.909. The molecule has 3 nitrogen and oxygen atoms in total. The normalized spacial score (nSPS) is 20.1. The van der Waals surface area contributed by atoms with Gasteiger partial charge < -0.3 is 5.32 Å². The van der Waals surface area contributed by atoms with Crippen LogP contribution < -0.4 is 5.32 Å². The first-order chi connectivity index (χ1) is 8.25. The molecule has 2 rings (SSSR count). The third-order valence-electron chi connectivity index (χ3n) is 2.89. The zero-order chi connectivity index (χ0) is 12.1. The molecule has 0 spiro atoms. The number of nitrogens with zero attached hydrogens (tertiary/aromatic N) is 2. The van der Waals surface area contributed by atoms with Crippen LogP contribution in [0.25, 0.3) is 0 Å². The van der Waals surface area contributed by atoms with Crippen LogP contribution in [0, 0.1) is 6.92 Å². The molecule has 1 aromatic heterocycles. The standard InChI is InChI=1S/C12H21N3S2/c1-10-5-14-15(7-10)11(2)6-13-12-8-16-3-4-17-9-12/h5,7,11-13H,3-4,6,8-9H2,1-2H3. The van der Waals surface area contributed by atoms with E-state index < -0.39 is 0 Å². The molecule has 96 valence electrons. The van der Waals surface area contributed by atoms with Gasteiger partial charge in [0.15, 0.2) is 0 Å². The first-order valence-electron chi connectivity index (χ1n) is 6.15. The Hall–Kier alpha value is -0.130. The van der Waals surface area contributed by atoms with Gasteiger partial charge in [0, 0.05) is 41.8 Å². The molecule has 17 heavy (non-hydrogen) atoms. The Kier molecular flexibility index (Phi) is 5.25. The highest BCUT2D eigenvalue weighted by Crippen LogP contribution is 2.16. The average Bonchev–Trinajstić information content (AvgIpc) is 2.61. The molecule has 1 aliphatic heterocycles. The fraction of sp³-hybridized carbons (Fsp3) is 0.750. The van der Waals surface area contributed by atoms with E-state index in [1.165, 1.54) is 28.6 Å². The largest absolute Gasteiger partial charge is 0.310 e.